The number of nitrogens with two attached hydrogens (primary N) is 1. The van der Waals surface area contributed by atoms with Crippen molar-refractivity contribution >= 4 is 11.3 Å². The van der Waals surface area contributed by atoms with Crippen LogP contribution in [0.5, 0.6) is 5.75 Å². The highest BCUT2D eigenvalue weighted by molar-refractivity contribution is 7.09. The topological polar surface area (TPSA) is 48.1 Å². The van der Waals surface area contributed by atoms with Crippen LogP contribution < -0.4 is 10.5 Å². The molecule has 2 aromatic rings. The first-order valence-corrected chi connectivity index (χ1v) is 6.94. The Morgan fingerprint density at radius 3 is 2.83 bits per heavy atom. The van der Waals surface area contributed by atoms with E-state index in [0.717, 1.165) is 29.3 Å². The van der Waals surface area contributed by atoms with Gasteiger partial charge in [0.2, 0.25) is 0 Å². The largest absolute Gasteiger partial charge is 0.496 e. The Kier molecular flexibility index (Phi) is 4.33. The molecule has 0 fully saturated rings. The molecule has 0 bridgehead atoms. The molecule has 0 saturated carbocycles. The van der Waals surface area contributed by atoms with Crippen molar-refractivity contribution in [1.29, 1.82) is 0 Å². The van der Waals surface area contributed by atoms with Gasteiger partial charge in [-0.2, -0.15) is 0 Å². The van der Waals surface area contributed by atoms with Gasteiger partial charge in [0.15, 0.2) is 0 Å². The maximum absolute atomic E-state index is 5.58. The molecule has 96 valence electrons. The molecule has 4 heteroatoms. The Labute approximate surface area is 112 Å². The van der Waals surface area contributed by atoms with Crippen molar-refractivity contribution in [3.05, 3.63) is 45.4 Å². The predicted octanol–water partition coefficient (Wildman–Crippen LogP) is 2.76. The van der Waals surface area contributed by atoms with Gasteiger partial charge in [0.25, 0.3) is 0 Å². The van der Waals surface area contributed by atoms with E-state index in [2.05, 4.69) is 24.0 Å². The van der Waals surface area contributed by atoms with E-state index in [4.69, 9.17) is 10.5 Å². The van der Waals surface area contributed by atoms with Crippen LogP contribution in [-0.4, -0.2) is 12.1 Å². The van der Waals surface area contributed by atoms with Crippen LogP contribution in [0.2, 0.25) is 0 Å². The van der Waals surface area contributed by atoms with E-state index in [9.17, 15) is 0 Å². The van der Waals surface area contributed by atoms with Crippen LogP contribution in [0.1, 0.15) is 28.8 Å². The molecule has 0 aliphatic rings. The minimum absolute atomic E-state index is 0.503. The lowest BCUT2D eigenvalue weighted by molar-refractivity contribution is 0.410. The summed E-state index contributed by atoms with van der Waals surface area (Å²) in [6, 6.07) is 6.34. The van der Waals surface area contributed by atoms with Gasteiger partial charge in [-0.3, -0.25) is 0 Å². The summed E-state index contributed by atoms with van der Waals surface area (Å²) in [5.74, 6) is 0.927. The van der Waals surface area contributed by atoms with Crippen molar-refractivity contribution in [2.45, 2.75) is 26.3 Å². The monoisotopic (exact) mass is 262 g/mol. The van der Waals surface area contributed by atoms with Gasteiger partial charge in [-0.05, 0) is 18.1 Å². The lowest BCUT2D eigenvalue weighted by Gasteiger charge is -2.09. The lowest BCUT2D eigenvalue weighted by Crippen LogP contribution is -1.98. The second kappa shape index (κ2) is 5.98. The third-order valence-electron chi connectivity index (χ3n) is 2.90. The van der Waals surface area contributed by atoms with Crippen LogP contribution in [0.25, 0.3) is 0 Å². The average Bonchev–Trinajstić information content (AvgIpc) is 2.86. The van der Waals surface area contributed by atoms with Crippen LogP contribution in [0.15, 0.2) is 23.6 Å². The molecule has 1 heterocycles. The number of rotatable bonds is 5. The zero-order valence-electron chi connectivity index (χ0n) is 10.8. The average molecular weight is 262 g/mol. The molecule has 0 spiro atoms. The van der Waals surface area contributed by atoms with Crippen LogP contribution in [0, 0.1) is 0 Å². The molecule has 0 unspecified atom stereocenters. The van der Waals surface area contributed by atoms with Crippen molar-refractivity contribution in [3.63, 3.8) is 0 Å². The normalized spacial score (nSPS) is 10.6. The van der Waals surface area contributed by atoms with Gasteiger partial charge in [0.05, 0.1) is 17.8 Å². The van der Waals surface area contributed by atoms with E-state index in [0.29, 0.717) is 6.54 Å². The fourth-order valence-corrected chi connectivity index (χ4v) is 2.71. The molecule has 0 aliphatic heterocycles. The fourth-order valence-electron chi connectivity index (χ4n) is 1.88. The number of ether oxygens (including phenoxy) is 1. The summed E-state index contributed by atoms with van der Waals surface area (Å²) in [4.78, 5) is 4.49. The number of benzene rings is 1. The van der Waals surface area contributed by atoms with Gasteiger partial charge in [-0.15, -0.1) is 11.3 Å². The first-order chi connectivity index (χ1) is 8.76. The van der Waals surface area contributed by atoms with Crippen molar-refractivity contribution in [2.75, 3.05) is 7.11 Å². The zero-order chi connectivity index (χ0) is 13.0. The molecule has 2 N–H and O–H groups in total. The molecule has 0 saturated heterocycles. The highest BCUT2D eigenvalue weighted by Crippen LogP contribution is 2.24. The molecule has 0 amide bonds. The molecule has 0 radical (unpaired) electrons. The number of methoxy groups -OCH3 is 1. The standard InChI is InChI=1S/C14H18N2OS/c1-3-10-4-5-13(17-2)11(6-10)7-14-16-12(8-15)9-18-14/h4-6,9H,3,7-8,15H2,1-2H3. The van der Waals surface area contributed by atoms with E-state index < -0.39 is 0 Å². The number of hydrogen-bond donors (Lipinski definition) is 1. The maximum Gasteiger partial charge on any atom is 0.122 e. The molecule has 3 nitrogen and oxygen atoms in total. The Balaban J connectivity index is 2.25. The Morgan fingerprint density at radius 1 is 1.39 bits per heavy atom. The minimum atomic E-state index is 0.503. The number of aromatic nitrogens is 1. The molecule has 0 atom stereocenters. The van der Waals surface area contributed by atoms with Crippen molar-refractivity contribution in [1.82, 2.24) is 4.98 Å². The molecule has 18 heavy (non-hydrogen) atoms. The van der Waals surface area contributed by atoms with Gasteiger partial charge < -0.3 is 10.5 Å². The summed E-state index contributed by atoms with van der Waals surface area (Å²) < 4.78 is 5.40. The Bertz CT molecular complexity index is 522. The maximum atomic E-state index is 5.58. The van der Waals surface area contributed by atoms with E-state index in [1.807, 2.05) is 11.4 Å². The number of thiazole rings is 1. The van der Waals surface area contributed by atoms with E-state index in [-0.39, 0.29) is 0 Å². The summed E-state index contributed by atoms with van der Waals surface area (Å²) >= 11 is 1.65. The van der Waals surface area contributed by atoms with Gasteiger partial charge in [-0.25, -0.2) is 4.98 Å². The molecule has 0 aliphatic carbocycles. The summed E-state index contributed by atoms with van der Waals surface area (Å²) in [6.07, 6.45) is 1.84. The molecular formula is C14H18N2OS. The van der Waals surface area contributed by atoms with Crippen LogP contribution >= 0.6 is 11.3 Å². The highest BCUT2D eigenvalue weighted by Gasteiger charge is 2.08. The third kappa shape index (κ3) is 2.89. The second-order valence-electron chi connectivity index (χ2n) is 4.11. The minimum Gasteiger partial charge on any atom is -0.496 e. The summed E-state index contributed by atoms with van der Waals surface area (Å²) in [7, 11) is 1.71. The van der Waals surface area contributed by atoms with Gasteiger partial charge in [-0.1, -0.05) is 19.1 Å². The first-order valence-electron chi connectivity index (χ1n) is 6.06. The molecule has 1 aromatic carbocycles. The zero-order valence-corrected chi connectivity index (χ0v) is 11.6. The number of aryl methyl sites for hydroxylation is 1. The molecular weight excluding hydrogens is 244 g/mol. The van der Waals surface area contributed by atoms with Gasteiger partial charge in [0, 0.05) is 23.9 Å². The number of hydrogen-bond acceptors (Lipinski definition) is 4. The van der Waals surface area contributed by atoms with Crippen LogP contribution in [0.3, 0.4) is 0 Å². The Hall–Kier alpha value is -1.39. The van der Waals surface area contributed by atoms with E-state index in [1.165, 1.54) is 11.1 Å². The van der Waals surface area contributed by atoms with Crippen LogP contribution in [-0.2, 0) is 19.4 Å². The van der Waals surface area contributed by atoms with Crippen molar-refractivity contribution in [3.8, 4) is 5.75 Å². The third-order valence-corrected chi connectivity index (χ3v) is 3.80. The van der Waals surface area contributed by atoms with E-state index in [1.54, 1.807) is 18.4 Å². The van der Waals surface area contributed by atoms with Crippen molar-refractivity contribution in [2.24, 2.45) is 5.73 Å². The first kappa shape index (κ1) is 13.1. The quantitative estimate of drug-likeness (QED) is 0.901. The SMILES string of the molecule is CCc1ccc(OC)c(Cc2nc(CN)cs2)c1. The predicted molar refractivity (Wildman–Crippen MR) is 75.2 cm³/mol. The smallest absolute Gasteiger partial charge is 0.122 e. The van der Waals surface area contributed by atoms with E-state index >= 15 is 0 Å². The second-order valence-corrected chi connectivity index (χ2v) is 5.06. The Morgan fingerprint density at radius 2 is 2.22 bits per heavy atom. The molecule has 1 aromatic heterocycles. The molecule has 2 rings (SSSR count). The summed E-state index contributed by atoms with van der Waals surface area (Å²) in [5.41, 5.74) is 9.05. The number of nitrogens with zero attached hydrogens (tertiary/aromatic N) is 1. The summed E-state index contributed by atoms with van der Waals surface area (Å²) in [5, 5.41) is 3.10. The van der Waals surface area contributed by atoms with Crippen LogP contribution in [0.4, 0.5) is 0 Å². The lowest BCUT2D eigenvalue weighted by atomic mass is 10.1. The summed E-state index contributed by atoms with van der Waals surface area (Å²) in [6.45, 7) is 2.66. The fraction of sp³-hybridized carbons (Fsp3) is 0.357. The van der Waals surface area contributed by atoms with Gasteiger partial charge in [0.1, 0.15) is 5.75 Å². The van der Waals surface area contributed by atoms with Crippen molar-refractivity contribution < 1.29 is 4.74 Å². The highest BCUT2D eigenvalue weighted by atomic mass is 32.1. The van der Waals surface area contributed by atoms with Gasteiger partial charge >= 0.3 is 0 Å².